The molecule has 8 nitrogen and oxygen atoms in total. The molecule has 7 rings (SSSR count). The minimum Gasteiger partial charge on any atom is -0.451 e. The molecule has 2 saturated heterocycles. The number of thiophene rings is 1. The molecule has 0 bridgehead atoms. The van der Waals surface area contributed by atoms with Crippen molar-refractivity contribution in [2.75, 3.05) is 31.1 Å². The molecule has 0 N–H and O–H groups in total. The van der Waals surface area contributed by atoms with Gasteiger partial charge < -0.3 is 13.9 Å². The highest BCUT2D eigenvalue weighted by Crippen LogP contribution is 2.43. The Morgan fingerprint density at radius 3 is 2.67 bits per heavy atom. The van der Waals surface area contributed by atoms with E-state index in [9.17, 15) is 18.4 Å². The Balaban J connectivity index is 1.09. The SMILES string of the molecule is Cc1nc(N2CCC3(CCN(Cc4ccc5c(cc(C#N)n5Cc5cocn5)c4C)C3)C2)c2cc(CC(F)(F)F)sc2n1. The number of hydrogen-bond acceptors (Lipinski definition) is 8. The van der Waals surface area contributed by atoms with E-state index < -0.39 is 12.6 Å². The van der Waals surface area contributed by atoms with Crippen molar-refractivity contribution in [1.29, 1.82) is 5.26 Å². The number of hydrogen-bond donors (Lipinski definition) is 0. The van der Waals surface area contributed by atoms with Crippen LogP contribution in [-0.4, -0.2) is 56.8 Å². The Morgan fingerprint density at radius 1 is 1.07 bits per heavy atom. The van der Waals surface area contributed by atoms with E-state index in [0.29, 0.717) is 22.9 Å². The van der Waals surface area contributed by atoms with E-state index in [0.717, 1.165) is 84.7 Å². The van der Waals surface area contributed by atoms with Crippen LogP contribution in [-0.2, 0) is 19.5 Å². The number of halogens is 3. The lowest BCUT2D eigenvalue weighted by molar-refractivity contribution is -0.126. The number of anilines is 1. The van der Waals surface area contributed by atoms with Crippen LogP contribution < -0.4 is 4.90 Å². The van der Waals surface area contributed by atoms with E-state index in [-0.39, 0.29) is 10.3 Å². The topological polar surface area (TPSA) is 87.0 Å². The number of aryl methyl sites for hydroxylation is 2. The summed E-state index contributed by atoms with van der Waals surface area (Å²) >= 11 is 1.11. The number of oxazole rings is 1. The third-order valence-corrected chi connectivity index (χ3v) is 9.97. The first-order valence-electron chi connectivity index (χ1n) is 14.3. The smallest absolute Gasteiger partial charge is 0.393 e. The van der Waals surface area contributed by atoms with E-state index in [4.69, 9.17) is 9.40 Å². The molecule has 1 spiro atoms. The fraction of sp³-hybridized carbons (Fsp3) is 0.419. The minimum absolute atomic E-state index is 0.114. The van der Waals surface area contributed by atoms with Gasteiger partial charge in [0.05, 0.1) is 24.0 Å². The fourth-order valence-corrected chi connectivity index (χ4v) is 7.97. The first-order valence-corrected chi connectivity index (χ1v) is 15.1. The highest BCUT2D eigenvalue weighted by Gasteiger charge is 2.44. The van der Waals surface area contributed by atoms with Crippen molar-refractivity contribution in [3.8, 4) is 6.07 Å². The molecule has 4 aromatic heterocycles. The van der Waals surface area contributed by atoms with Gasteiger partial charge in [-0.25, -0.2) is 15.0 Å². The molecule has 1 atom stereocenters. The first kappa shape index (κ1) is 27.9. The second-order valence-electron chi connectivity index (χ2n) is 11.9. The Morgan fingerprint density at radius 2 is 1.91 bits per heavy atom. The molecule has 0 amide bonds. The molecule has 2 aliphatic heterocycles. The summed E-state index contributed by atoms with van der Waals surface area (Å²) in [6, 6.07) is 10.2. The first-order chi connectivity index (χ1) is 20.6. The zero-order chi connectivity index (χ0) is 29.9. The second-order valence-corrected chi connectivity index (χ2v) is 13.1. The van der Waals surface area contributed by atoms with Crippen molar-refractivity contribution < 1.29 is 17.6 Å². The number of rotatable bonds is 6. The molecular formula is C31H30F3N7OS. The van der Waals surface area contributed by atoms with E-state index >= 15 is 0 Å². The standard InChI is InChI=1S/C31H30F3N7OS/c1-19-21(3-4-27-25(19)9-23(12-35)41(27)14-22-15-42-18-36-22)13-39-7-5-30(16-39)6-8-40(17-30)28-26-10-24(11-31(32,33)34)43-29(26)38-20(2)37-28/h3-4,9-10,15,18H,5-8,11,13-14,16-17H2,1-2H3. The van der Waals surface area contributed by atoms with Crippen LogP contribution in [0.15, 0.2) is 41.3 Å². The predicted molar refractivity (Wildman–Crippen MR) is 158 cm³/mol. The van der Waals surface area contributed by atoms with Crippen LogP contribution in [0.25, 0.3) is 21.1 Å². The quantitative estimate of drug-likeness (QED) is 0.222. The van der Waals surface area contributed by atoms with Crippen LogP contribution in [0.3, 0.4) is 0 Å². The zero-order valence-corrected chi connectivity index (χ0v) is 24.7. The van der Waals surface area contributed by atoms with Gasteiger partial charge >= 0.3 is 6.18 Å². The van der Waals surface area contributed by atoms with E-state index in [1.54, 1.807) is 19.3 Å². The van der Waals surface area contributed by atoms with Crippen LogP contribution in [0.1, 0.15) is 46.1 Å². The van der Waals surface area contributed by atoms with E-state index in [1.807, 2.05) is 10.6 Å². The van der Waals surface area contributed by atoms with Gasteiger partial charge in [-0.2, -0.15) is 18.4 Å². The number of aromatic nitrogens is 4. The molecule has 0 radical (unpaired) electrons. The van der Waals surface area contributed by atoms with Crippen LogP contribution in [0.5, 0.6) is 0 Å². The number of fused-ring (bicyclic) bond motifs is 2. The van der Waals surface area contributed by atoms with Crippen LogP contribution >= 0.6 is 11.3 Å². The zero-order valence-electron chi connectivity index (χ0n) is 23.9. The summed E-state index contributed by atoms with van der Waals surface area (Å²) in [7, 11) is 0. The molecule has 6 heterocycles. The maximum Gasteiger partial charge on any atom is 0.393 e. The van der Waals surface area contributed by atoms with Crippen molar-refractivity contribution in [3.63, 3.8) is 0 Å². The number of likely N-dealkylation sites (tertiary alicyclic amines) is 1. The molecule has 43 heavy (non-hydrogen) atoms. The number of alkyl halides is 3. The Kier molecular flexibility index (Phi) is 6.70. The Labute approximate surface area is 250 Å². The molecular weight excluding hydrogens is 575 g/mol. The third-order valence-electron chi connectivity index (χ3n) is 8.94. The van der Waals surface area contributed by atoms with Crippen molar-refractivity contribution >= 4 is 38.3 Å². The lowest BCUT2D eigenvalue weighted by atomic mass is 9.86. The fourth-order valence-electron chi connectivity index (χ4n) is 6.87. The van der Waals surface area contributed by atoms with Gasteiger partial charge in [-0.05, 0) is 62.6 Å². The predicted octanol–water partition coefficient (Wildman–Crippen LogP) is 6.38. The third kappa shape index (κ3) is 5.25. The molecule has 12 heteroatoms. The van der Waals surface area contributed by atoms with Gasteiger partial charge in [0, 0.05) is 47.4 Å². The van der Waals surface area contributed by atoms with E-state index in [1.165, 1.54) is 17.5 Å². The summed E-state index contributed by atoms with van der Waals surface area (Å²) in [4.78, 5) is 19.0. The highest BCUT2D eigenvalue weighted by atomic mass is 32.1. The average molecular weight is 606 g/mol. The summed E-state index contributed by atoms with van der Waals surface area (Å²) < 4.78 is 46.4. The average Bonchev–Trinajstić information content (AvgIpc) is 3.78. The van der Waals surface area contributed by atoms with E-state index in [2.05, 4.69) is 44.9 Å². The second kappa shape index (κ2) is 10.3. The molecule has 5 aromatic rings. The summed E-state index contributed by atoms with van der Waals surface area (Å²) in [5, 5.41) is 11.6. The van der Waals surface area contributed by atoms with Gasteiger partial charge in [0.15, 0.2) is 6.39 Å². The molecule has 1 unspecified atom stereocenters. The van der Waals surface area contributed by atoms with Crippen LogP contribution in [0.2, 0.25) is 0 Å². The maximum absolute atomic E-state index is 13.1. The summed E-state index contributed by atoms with van der Waals surface area (Å²) in [5.74, 6) is 1.34. The molecule has 2 aliphatic rings. The molecule has 222 valence electrons. The number of nitriles is 1. The lowest BCUT2D eigenvalue weighted by Gasteiger charge is -2.26. The van der Waals surface area contributed by atoms with Gasteiger partial charge in [-0.3, -0.25) is 4.90 Å². The highest BCUT2D eigenvalue weighted by molar-refractivity contribution is 7.18. The maximum atomic E-state index is 13.1. The van der Waals surface area contributed by atoms with Crippen molar-refractivity contribution in [2.24, 2.45) is 5.41 Å². The minimum atomic E-state index is -4.25. The summed E-state index contributed by atoms with van der Waals surface area (Å²) in [6.45, 7) is 8.80. The largest absolute Gasteiger partial charge is 0.451 e. The molecule has 1 aromatic carbocycles. The lowest BCUT2D eigenvalue weighted by Crippen LogP contribution is -2.31. The Bertz CT molecular complexity index is 1870. The van der Waals surface area contributed by atoms with Crippen LogP contribution in [0.4, 0.5) is 19.0 Å². The molecule has 0 saturated carbocycles. The van der Waals surface area contributed by atoms with Gasteiger partial charge in [-0.15, -0.1) is 11.3 Å². The molecule has 0 aliphatic carbocycles. The number of benzene rings is 1. The molecule has 2 fully saturated rings. The monoisotopic (exact) mass is 605 g/mol. The van der Waals surface area contributed by atoms with Gasteiger partial charge in [0.2, 0.25) is 0 Å². The summed E-state index contributed by atoms with van der Waals surface area (Å²) in [5.41, 5.74) is 4.89. The van der Waals surface area contributed by atoms with Crippen molar-refractivity contribution in [3.05, 3.63) is 70.1 Å². The van der Waals surface area contributed by atoms with Gasteiger partial charge in [0.25, 0.3) is 0 Å². The van der Waals surface area contributed by atoms with Crippen molar-refractivity contribution in [2.45, 2.75) is 52.4 Å². The Hall–Kier alpha value is -3.95. The van der Waals surface area contributed by atoms with Crippen molar-refractivity contribution in [1.82, 2.24) is 24.4 Å². The van der Waals surface area contributed by atoms with Crippen LogP contribution in [0, 0.1) is 30.6 Å². The van der Waals surface area contributed by atoms with Gasteiger partial charge in [0.1, 0.15) is 34.5 Å². The normalized spacial score (nSPS) is 19.4. The summed E-state index contributed by atoms with van der Waals surface area (Å²) in [6.07, 6.45) is -0.121. The number of nitrogens with zero attached hydrogens (tertiary/aromatic N) is 7. The van der Waals surface area contributed by atoms with Gasteiger partial charge in [-0.1, -0.05) is 6.07 Å².